The molecule has 0 spiro atoms. The Bertz CT molecular complexity index is 866. The van der Waals surface area contributed by atoms with Gasteiger partial charge in [-0.3, -0.25) is 9.59 Å². The van der Waals surface area contributed by atoms with Gasteiger partial charge in [0.05, 0.1) is 0 Å². The number of fused-ring (bicyclic) bond motifs is 1. The minimum absolute atomic E-state index is 0.0380. The summed E-state index contributed by atoms with van der Waals surface area (Å²) >= 11 is 0. The summed E-state index contributed by atoms with van der Waals surface area (Å²) in [6, 6.07) is 8.69. The van der Waals surface area contributed by atoms with Crippen LogP contribution in [0.4, 0.5) is 0 Å². The average Bonchev–Trinajstić information content (AvgIpc) is 2.65. The van der Waals surface area contributed by atoms with Crippen molar-refractivity contribution >= 4 is 22.8 Å². The molecule has 0 atom stereocenters. The summed E-state index contributed by atoms with van der Waals surface area (Å²) in [4.78, 5) is 42.4. The summed E-state index contributed by atoms with van der Waals surface area (Å²) < 4.78 is 5.25. The van der Waals surface area contributed by atoms with Crippen molar-refractivity contribution in [2.45, 2.75) is 6.42 Å². The molecule has 1 fully saturated rings. The lowest BCUT2D eigenvalue weighted by atomic mass is 10.1. The summed E-state index contributed by atoms with van der Waals surface area (Å²) in [5.41, 5.74) is -0.125. The first-order chi connectivity index (χ1) is 12.5. The SMILES string of the molecule is CN(C)CCC(=O)N1CCN(C(=O)c2cc3ccccc3oc2=O)CC1. The highest BCUT2D eigenvalue weighted by Crippen LogP contribution is 2.15. The number of carbonyl (C=O) groups is 2. The summed E-state index contributed by atoms with van der Waals surface area (Å²) in [7, 11) is 3.86. The molecule has 26 heavy (non-hydrogen) atoms. The molecule has 0 N–H and O–H groups in total. The summed E-state index contributed by atoms with van der Waals surface area (Å²) in [6.07, 6.45) is 0.467. The summed E-state index contributed by atoms with van der Waals surface area (Å²) in [6.45, 7) is 2.50. The lowest BCUT2D eigenvalue weighted by molar-refractivity contribution is -0.132. The van der Waals surface area contributed by atoms with Gasteiger partial charge in [-0.05, 0) is 26.2 Å². The first-order valence-corrected chi connectivity index (χ1v) is 8.70. The van der Waals surface area contributed by atoms with E-state index in [-0.39, 0.29) is 17.4 Å². The quantitative estimate of drug-likeness (QED) is 0.764. The second kappa shape index (κ2) is 7.70. The topological polar surface area (TPSA) is 74.1 Å². The van der Waals surface area contributed by atoms with Gasteiger partial charge in [-0.1, -0.05) is 18.2 Å². The van der Waals surface area contributed by atoms with E-state index in [1.807, 2.05) is 25.1 Å². The van der Waals surface area contributed by atoms with E-state index in [0.29, 0.717) is 50.1 Å². The second-order valence-corrected chi connectivity index (χ2v) is 6.71. The molecule has 2 aromatic rings. The molecule has 0 radical (unpaired) electrons. The molecule has 138 valence electrons. The van der Waals surface area contributed by atoms with Crippen molar-refractivity contribution < 1.29 is 14.0 Å². The van der Waals surface area contributed by atoms with Crippen LogP contribution in [0.5, 0.6) is 0 Å². The van der Waals surface area contributed by atoms with E-state index in [1.54, 1.807) is 34.1 Å². The number of amides is 2. The maximum atomic E-state index is 12.7. The third-order valence-electron chi connectivity index (χ3n) is 4.56. The Kier molecular flexibility index (Phi) is 5.37. The number of rotatable bonds is 4. The van der Waals surface area contributed by atoms with E-state index in [9.17, 15) is 14.4 Å². The monoisotopic (exact) mass is 357 g/mol. The fraction of sp³-hybridized carbons (Fsp3) is 0.421. The molecule has 0 bridgehead atoms. The van der Waals surface area contributed by atoms with E-state index in [1.165, 1.54) is 0 Å². The zero-order chi connectivity index (χ0) is 18.7. The molecule has 7 heteroatoms. The van der Waals surface area contributed by atoms with Crippen molar-refractivity contribution in [2.24, 2.45) is 0 Å². The third kappa shape index (κ3) is 3.94. The highest BCUT2D eigenvalue weighted by Gasteiger charge is 2.26. The number of hydrogen-bond acceptors (Lipinski definition) is 5. The highest BCUT2D eigenvalue weighted by atomic mass is 16.4. The van der Waals surface area contributed by atoms with Crippen molar-refractivity contribution in [1.82, 2.24) is 14.7 Å². The number of carbonyl (C=O) groups excluding carboxylic acids is 2. The molecule has 0 unspecified atom stereocenters. The predicted octanol–water partition coefficient (Wildman–Crippen LogP) is 1.03. The number of nitrogens with zero attached hydrogens (tertiary/aromatic N) is 3. The van der Waals surface area contributed by atoms with E-state index >= 15 is 0 Å². The second-order valence-electron chi connectivity index (χ2n) is 6.71. The smallest absolute Gasteiger partial charge is 0.349 e. The van der Waals surface area contributed by atoms with Crippen LogP contribution < -0.4 is 5.63 Å². The Morgan fingerprint density at radius 1 is 1.08 bits per heavy atom. The Labute approximate surface area is 151 Å². The number of piperazine rings is 1. The molecule has 1 aliphatic heterocycles. The van der Waals surface area contributed by atoms with Gasteiger partial charge >= 0.3 is 5.63 Å². The van der Waals surface area contributed by atoms with E-state index in [0.717, 1.165) is 0 Å². The third-order valence-corrected chi connectivity index (χ3v) is 4.56. The van der Waals surface area contributed by atoms with E-state index in [2.05, 4.69) is 0 Å². The van der Waals surface area contributed by atoms with Gasteiger partial charge in [-0.25, -0.2) is 4.79 Å². The molecule has 1 saturated heterocycles. The molecule has 7 nitrogen and oxygen atoms in total. The van der Waals surface area contributed by atoms with Crippen LogP contribution in [0.1, 0.15) is 16.8 Å². The summed E-state index contributed by atoms with van der Waals surface area (Å²) in [5.74, 6) is -0.249. The van der Waals surface area contributed by atoms with Crippen molar-refractivity contribution in [3.63, 3.8) is 0 Å². The largest absolute Gasteiger partial charge is 0.422 e. The standard InChI is InChI=1S/C19H23N3O4/c1-20(2)8-7-17(23)21-9-11-22(12-10-21)18(24)15-13-14-5-3-4-6-16(14)26-19(15)25/h3-6,13H,7-12H2,1-2H3. The Balaban J connectivity index is 1.66. The maximum absolute atomic E-state index is 12.7. The molecular formula is C19H23N3O4. The van der Waals surface area contributed by atoms with Crippen LogP contribution in [0.25, 0.3) is 11.0 Å². The van der Waals surface area contributed by atoms with Crippen LogP contribution in [0.15, 0.2) is 39.5 Å². The molecule has 1 aromatic heterocycles. The Morgan fingerprint density at radius 2 is 1.73 bits per heavy atom. The molecule has 1 aliphatic rings. The normalized spacial score (nSPS) is 14.9. The van der Waals surface area contributed by atoms with Crippen molar-refractivity contribution in [3.05, 3.63) is 46.3 Å². The van der Waals surface area contributed by atoms with Crippen LogP contribution in [0, 0.1) is 0 Å². The zero-order valence-corrected chi connectivity index (χ0v) is 15.1. The fourth-order valence-corrected chi connectivity index (χ4v) is 3.02. The number of benzene rings is 1. The lowest BCUT2D eigenvalue weighted by Crippen LogP contribution is -2.51. The lowest BCUT2D eigenvalue weighted by Gasteiger charge is -2.34. The highest BCUT2D eigenvalue weighted by molar-refractivity contribution is 5.96. The average molecular weight is 357 g/mol. The zero-order valence-electron chi connectivity index (χ0n) is 15.1. The van der Waals surface area contributed by atoms with Crippen molar-refractivity contribution in [2.75, 3.05) is 46.8 Å². The van der Waals surface area contributed by atoms with Gasteiger partial charge < -0.3 is 19.1 Å². The predicted molar refractivity (Wildman–Crippen MR) is 98.1 cm³/mol. The van der Waals surface area contributed by atoms with E-state index in [4.69, 9.17) is 4.42 Å². The Morgan fingerprint density at radius 3 is 2.42 bits per heavy atom. The number of para-hydroxylation sites is 1. The molecule has 2 amide bonds. The maximum Gasteiger partial charge on any atom is 0.349 e. The molecule has 2 heterocycles. The van der Waals surface area contributed by atoms with Crippen LogP contribution in [-0.2, 0) is 4.79 Å². The number of hydrogen-bond donors (Lipinski definition) is 0. The first kappa shape index (κ1) is 18.1. The molecule has 1 aromatic carbocycles. The van der Waals surface area contributed by atoms with Crippen LogP contribution in [-0.4, -0.2) is 73.3 Å². The van der Waals surface area contributed by atoms with Crippen molar-refractivity contribution in [1.29, 1.82) is 0 Å². The van der Waals surface area contributed by atoms with Crippen LogP contribution in [0.2, 0.25) is 0 Å². The minimum atomic E-state index is -0.627. The summed E-state index contributed by atoms with van der Waals surface area (Å²) in [5, 5.41) is 0.716. The van der Waals surface area contributed by atoms with Gasteiger partial charge in [0.15, 0.2) is 0 Å². The first-order valence-electron chi connectivity index (χ1n) is 8.70. The molecule has 3 rings (SSSR count). The van der Waals surface area contributed by atoms with Crippen LogP contribution >= 0.6 is 0 Å². The van der Waals surface area contributed by atoms with Gasteiger partial charge in [0.2, 0.25) is 5.91 Å². The van der Waals surface area contributed by atoms with Gasteiger partial charge in [0.1, 0.15) is 11.1 Å². The van der Waals surface area contributed by atoms with Gasteiger partial charge in [0, 0.05) is 44.5 Å². The van der Waals surface area contributed by atoms with Crippen molar-refractivity contribution in [3.8, 4) is 0 Å². The Hall–Kier alpha value is -2.67. The van der Waals surface area contributed by atoms with Gasteiger partial charge in [-0.15, -0.1) is 0 Å². The molecular weight excluding hydrogens is 334 g/mol. The molecule has 0 aliphatic carbocycles. The van der Waals surface area contributed by atoms with Gasteiger partial charge in [-0.2, -0.15) is 0 Å². The van der Waals surface area contributed by atoms with E-state index < -0.39 is 5.63 Å². The molecule has 0 saturated carbocycles. The minimum Gasteiger partial charge on any atom is -0.422 e. The van der Waals surface area contributed by atoms with Gasteiger partial charge in [0.25, 0.3) is 5.91 Å². The fourth-order valence-electron chi connectivity index (χ4n) is 3.02. The van der Waals surface area contributed by atoms with Crippen LogP contribution in [0.3, 0.4) is 0 Å².